The van der Waals surface area contributed by atoms with Crippen LogP contribution in [0.5, 0.6) is 11.5 Å². The van der Waals surface area contributed by atoms with Crippen LogP contribution in [0.3, 0.4) is 0 Å². The lowest BCUT2D eigenvalue weighted by molar-refractivity contribution is 0.0954. The summed E-state index contributed by atoms with van der Waals surface area (Å²) < 4.78 is 11.5. The fourth-order valence-electron chi connectivity index (χ4n) is 2.07. The molecule has 0 saturated heterocycles. The molecular formula is C17H18BrNO3. The molecule has 0 aliphatic rings. The maximum Gasteiger partial charge on any atom is 0.251 e. The third-order valence-electron chi connectivity index (χ3n) is 3.28. The second-order valence-corrected chi connectivity index (χ2v) is 5.61. The van der Waals surface area contributed by atoms with Crippen molar-refractivity contribution in [2.45, 2.75) is 6.42 Å². The normalized spacial score (nSPS) is 10.1. The van der Waals surface area contributed by atoms with Gasteiger partial charge in [-0.2, -0.15) is 0 Å². The molecule has 2 rings (SSSR count). The molecule has 0 heterocycles. The molecule has 4 nitrogen and oxygen atoms in total. The smallest absolute Gasteiger partial charge is 0.251 e. The van der Waals surface area contributed by atoms with Gasteiger partial charge in [-0.15, -0.1) is 0 Å². The maximum atomic E-state index is 12.0. The molecule has 0 atom stereocenters. The van der Waals surface area contributed by atoms with Crippen LogP contribution in [0.2, 0.25) is 0 Å². The standard InChI is InChI=1S/C17H18BrNO3/c1-21-15-8-5-12(16(11-15)22-2)9-10-19-17(20)13-3-6-14(18)7-4-13/h3-8,11H,9-10H2,1-2H3,(H,19,20). The van der Waals surface area contributed by atoms with Gasteiger partial charge in [0, 0.05) is 22.6 Å². The third-order valence-corrected chi connectivity index (χ3v) is 3.81. The first-order valence-corrected chi connectivity index (χ1v) is 7.68. The number of ether oxygens (including phenoxy) is 2. The Hall–Kier alpha value is -2.01. The topological polar surface area (TPSA) is 47.6 Å². The number of carbonyl (C=O) groups excluding carboxylic acids is 1. The Morgan fingerprint density at radius 1 is 1.09 bits per heavy atom. The summed E-state index contributed by atoms with van der Waals surface area (Å²) >= 11 is 3.35. The number of rotatable bonds is 6. The third kappa shape index (κ3) is 4.24. The lowest BCUT2D eigenvalue weighted by atomic mass is 10.1. The Balaban J connectivity index is 1.93. The zero-order valence-electron chi connectivity index (χ0n) is 12.6. The predicted molar refractivity (Wildman–Crippen MR) is 89.7 cm³/mol. The molecule has 0 radical (unpaired) electrons. The summed E-state index contributed by atoms with van der Waals surface area (Å²) in [6.07, 6.45) is 0.690. The Kier molecular flexibility index (Phi) is 5.83. The van der Waals surface area contributed by atoms with Crippen molar-refractivity contribution in [3.8, 4) is 11.5 Å². The van der Waals surface area contributed by atoms with Gasteiger partial charge in [-0.05, 0) is 42.3 Å². The van der Waals surface area contributed by atoms with Crippen molar-refractivity contribution in [2.24, 2.45) is 0 Å². The van der Waals surface area contributed by atoms with E-state index in [2.05, 4.69) is 21.2 Å². The molecule has 0 saturated carbocycles. The van der Waals surface area contributed by atoms with Crippen LogP contribution in [-0.2, 0) is 6.42 Å². The van der Waals surface area contributed by atoms with Gasteiger partial charge in [0.25, 0.3) is 5.91 Å². The molecule has 116 valence electrons. The zero-order chi connectivity index (χ0) is 15.9. The molecule has 0 bridgehead atoms. The van der Waals surface area contributed by atoms with Crippen molar-refractivity contribution < 1.29 is 14.3 Å². The second kappa shape index (κ2) is 7.84. The van der Waals surface area contributed by atoms with Crippen LogP contribution in [0, 0.1) is 0 Å². The highest BCUT2D eigenvalue weighted by atomic mass is 79.9. The number of amides is 1. The summed E-state index contributed by atoms with van der Waals surface area (Å²) in [5.41, 5.74) is 1.67. The molecule has 1 N–H and O–H groups in total. The van der Waals surface area contributed by atoms with E-state index in [1.165, 1.54) is 0 Å². The molecule has 2 aromatic carbocycles. The van der Waals surface area contributed by atoms with Gasteiger partial charge in [-0.1, -0.05) is 22.0 Å². The van der Waals surface area contributed by atoms with Gasteiger partial charge in [0.1, 0.15) is 11.5 Å². The largest absolute Gasteiger partial charge is 0.497 e. The van der Waals surface area contributed by atoms with Gasteiger partial charge in [-0.3, -0.25) is 4.79 Å². The number of methoxy groups -OCH3 is 2. The maximum absolute atomic E-state index is 12.0. The minimum Gasteiger partial charge on any atom is -0.497 e. The summed E-state index contributed by atoms with van der Waals surface area (Å²) in [6.45, 7) is 0.539. The van der Waals surface area contributed by atoms with Gasteiger partial charge in [0.15, 0.2) is 0 Å². The van der Waals surface area contributed by atoms with Crippen LogP contribution >= 0.6 is 15.9 Å². The van der Waals surface area contributed by atoms with E-state index in [0.29, 0.717) is 18.5 Å². The number of benzene rings is 2. The number of nitrogens with one attached hydrogen (secondary N) is 1. The number of hydrogen-bond acceptors (Lipinski definition) is 3. The second-order valence-electron chi connectivity index (χ2n) is 4.69. The fraction of sp³-hybridized carbons (Fsp3) is 0.235. The van der Waals surface area contributed by atoms with Crippen LogP contribution in [0.15, 0.2) is 46.9 Å². The van der Waals surface area contributed by atoms with Gasteiger partial charge in [0.2, 0.25) is 0 Å². The summed E-state index contributed by atoms with van der Waals surface area (Å²) in [5, 5.41) is 2.91. The van der Waals surface area contributed by atoms with E-state index in [4.69, 9.17) is 9.47 Å². The van der Waals surface area contributed by atoms with Crippen LogP contribution < -0.4 is 14.8 Å². The summed E-state index contributed by atoms with van der Waals surface area (Å²) in [6, 6.07) is 12.9. The number of carbonyl (C=O) groups is 1. The molecule has 2 aromatic rings. The quantitative estimate of drug-likeness (QED) is 0.854. The monoisotopic (exact) mass is 363 g/mol. The minimum atomic E-state index is -0.0834. The molecule has 1 amide bonds. The molecule has 0 fully saturated rings. The Morgan fingerprint density at radius 2 is 1.82 bits per heavy atom. The molecular weight excluding hydrogens is 346 g/mol. The van der Waals surface area contributed by atoms with Crippen LogP contribution in [0.4, 0.5) is 0 Å². The van der Waals surface area contributed by atoms with E-state index in [9.17, 15) is 4.79 Å². The fourth-order valence-corrected chi connectivity index (χ4v) is 2.34. The molecule has 0 aliphatic heterocycles. The van der Waals surface area contributed by atoms with Crippen molar-refractivity contribution in [2.75, 3.05) is 20.8 Å². The molecule has 0 aromatic heterocycles. The summed E-state index contributed by atoms with van der Waals surface area (Å²) in [7, 11) is 3.24. The molecule has 5 heteroatoms. The summed E-state index contributed by atoms with van der Waals surface area (Å²) in [4.78, 5) is 12.0. The van der Waals surface area contributed by atoms with Gasteiger partial charge in [-0.25, -0.2) is 0 Å². The first kappa shape index (κ1) is 16.4. The van der Waals surface area contributed by atoms with E-state index >= 15 is 0 Å². The van der Waals surface area contributed by atoms with E-state index in [0.717, 1.165) is 21.5 Å². The van der Waals surface area contributed by atoms with Crippen molar-refractivity contribution in [1.29, 1.82) is 0 Å². The number of halogens is 1. The van der Waals surface area contributed by atoms with E-state index < -0.39 is 0 Å². The lowest BCUT2D eigenvalue weighted by Gasteiger charge is -2.11. The van der Waals surface area contributed by atoms with Crippen molar-refractivity contribution in [1.82, 2.24) is 5.32 Å². The van der Waals surface area contributed by atoms with Gasteiger partial charge in [0.05, 0.1) is 14.2 Å². The van der Waals surface area contributed by atoms with Crippen molar-refractivity contribution in [3.63, 3.8) is 0 Å². The molecule has 22 heavy (non-hydrogen) atoms. The van der Waals surface area contributed by atoms with Gasteiger partial charge >= 0.3 is 0 Å². The first-order chi connectivity index (χ1) is 10.6. The van der Waals surface area contributed by atoms with Crippen molar-refractivity contribution in [3.05, 3.63) is 58.1 Å². The van der Waals surface area contributed by atoms with Crippen molar-refractivity contribution >= 4 is 21.8 Å². The minimum absolute atomic E-state index is 0.0834. The van der Waals surface area contributed by atoms with E-state index in [1.54, 1.807) is 26.4 Å². The highest BCUT2D eigenvalue weighted by Crippen LogP contribution is 2.24. The molecule has 0 aliphatic carbocycles. The highest BCUT2D eigenvalue weighted by molar-refractivity contribution is 9.10. The van der Waals surface area contributed by atoms with Gasteiger partial charge < -0.3 is 14.8 Å². The Morgan fingerprint density at radius 3 is 2.45 bits per heavy atom. The average molecular weight is 364 g/mol. The van der Waals surface area contributed by atoms with Crippen LogP contribution in [0.1, 0.15) is 15.9 Å². The van der Waals surface area contributed by atoms with E-state index in [-0.39, 0.29) is 5.91 Å². The predicted octanol–water partition coefficient (Wildman–Crippen LogP) is 3.44. The first-order valence-electron chi connectivity index (χ1n) is 6.88. The van der Waals surface area contributed by atoms with Crippen LogP contribution in [-0.4, -0.2) is 26.7 Å². The lowest BCUT2D eigenvalue weighted by Crippen LogP contribution is -2.25. The Labute approximate surface area is 138 Å². The van der Waals surface area contributed by atoms with Crippen LogP contribution in [0.25, 0.3) is 0 Å². The number of hydrogen-bond donors (Lipinski definition) is 1. The molecule has 0 spiro atoms. The summed E-state index contributed by atoms with van der Waals surface area (Å²) in [5.74, 6) is 1.43. The Bertz CT molecular complexity index is 641. The zero-order valence-corrected chi connectivity index (χ0v) is 14.1. The SMILES string of the molecule is COc1ccc(CCNC(=O)c2ccc(Br)cc2)c(OC)c1. The highest BCUT2D eigenvalue weighted by Gasteiger charge is 2.07. The average Bonchev–Trinajstić information content (AvgIpc) is 2.55. The van der Waals surface area contributed by atoms with E-state index in [1.807, 2.05) is 30.3 Å². The molecule has 0 unspecified atom stereocenters.